The van der Waals surface area contributed by atoms with Crippen LogP contribution in [0, 0.1) is 5.92 Å². The Hall–Kier alpha value is -1.02. The zero-order chi connectivity index (χ0) is 13.0. The standard InChI is InChI=1S/C16H24O2/c1-3-11-18-15-9-5-4-8-14(15)16(17)10-6-7-13(2)12-16/h4-5,8-9,13,17H,3,6-7,10-12H2,1-2H3. The smallest absolute Gasteiger partial charge is 0.125 e. The van der Waals surface area contributed by atoms with E-state index in [1.807, 2.05) is 24.3 Å². The molecule has 0 amide bonds. The van der Waals surface area contributed by atoms with Crippen molar-refractivity contribution in [2.45, 2.75) is 51.6 Å². The summed E-state index contributed by atoms with van der Waals surface area (Å²) in [4.78, 5) is 0. The quantitative estimate of drug-likeness (QED) is 0.876. The van der Waals surface area contributed by atoms with Crippen LogP contribution in [0.4, 0.5) is 0 Å². The van der Waals surface area contributed by atoms with Crippen LogP contribution in [-0.4, -0.2) is 11.7 Å². The van der Waals surface area contributed by atoms with Gasteiger partial charge in [-0.25, -0.2) is 0 Å². The van der Waals surface area contributed by atoms with Gasteiger partial charge in [-0.1, -0.05) is 38.5 Å². The van der Waals surface area contributed by atoms with E-state index < -0.39 is 5.60 Å². The molecule has 0 spiro atoms. The van der Waals surface area contributed by atoms with Crippen molar-refractivity contribution < 1.29 is 9.84 Å². The van der Waals surface area contributed by atoms with Crippen LogP contribution in [0.15, 0.2) is 24.3 Å². The van der Waals surface area contributed by atoms with Gasteiger partial charge in [-0.2, -0.15) is 0 Å². The largest absolute Gasteiger partial charge is 0.493 e. The molecule has 2 nitrogen and oxygen atoms in total. The molecule has 0 aliphatic heterocycles. The lowest BCUT2D eigenvalue weighted by Gasteiger charge is -2.36. The Morgan fingerprint density at radius 2 is 2.17 bits per heavy atom. The van der Waals surface area contributed by atoms with Gasteiger partial charge in [-0.15, -0.1) is 0 Å². The minimum atomic E-state index is -0.692. The maximum absolute atomic E-state index is 10.9. The van der Waals surface area contributed by atoms with Gasteiger partial charge < -0.3 is 9.84 Å². The topological polar surface area (TPSA) is 29.5 Å². The number of benzene rings is 1. The molecule has 2 atom stereocenters. The van der Waals surface area contributed by atoms with Crippen molar-refractivity contribution in [3.05, 3.63) is 29.8 Å². The summed E-state index contributed by atoms with van der Waals surface area (Å²) in [5.74, 6) is 1.44. The first-order valence-corrected chi connectivity index (χ1v) is 7.10. The van der Waals surface area contributed by atoms with Gasteiger partial charge in [0, 0.05) is 5.56 Å². The Balaban J connectivity index is 2.25. The van der Waals surface area contributed by atoms with Gasteiger partial charge in [0.25, 0.3) is 0 Å². The van der Waals surface area contributed by atoms with E-state index in [1.165, 1.54) is 6.42 Å². The Bertz CT molecular complexity index is 388. The number of para-hydroxylation sites is 1. The van der Waals surface area contributed by atoms with Crippen molar-refractivity contribution in [3.8, 4) is 5.75 Å². The van der Waals surface area contributed by atoms with E-state index >= 15 is 0 Å². The first kappa shape index (κ1) is 13.4. The third-order valence-corrected chi connectivity index (χ3v) is 3.82. The highest BCUT2D eigenvalue weighted by molar-refractivity contribution is 5.38. The first-order valence-electron chi connectivity index (χ1n) is 7.10. The average Bonchev–Trinajstić information content (AvgIpc) is 2.36. The van der Waals surface area contributed by atoms with E-state index in [4.69, 9.17) is 4.74 Å². The van der Waals surface area contributed by atoms with Crippen LogP contribution >= 0.6 is 0 Å². The van der Waals surface area contributed by atoms with Gasteiger partial charge >= 0.3 is 0 Å². The highest BCUT2D eigenvalue weighted by atomic mass is 16.5. The van der Waals surface area contributed by atoms with E-state index in [0.717, 1.165) is 37.0 Å². The zero-order valence-electron chi connectivity index (χ0n) is 11.5. The molecule has 2 heteroatoms. The molecule has 1 aliphatic carbocycles. The lowest BCUT2D eigenvalue weighted by molar-refractivity contribution is -0.0199. The summed E-state index contributed by atoms with van der Waals surface area (Å²) >= 11 is 0. The lowest BCUT2D eigenvalue weighted by atomic mass is 9.75. The van der Waals surface area contributed by atoms with Crippen LogP contribution in [0.25, 0.3) is 0 Å². The van der Waals surface area contributed by atoms with Gasteiger partial charge in [-0.05, 0) is 37.7 Å². The molecule has 1 aromatic rings. The van der Waals surface area contributed by atoms with Crippen LogP contribution in [0.5, 0.6) is 5.75 Å². The molecule has 1 fully saturated rings. The molecule has 100 valence electrons. The Morgan fingerprint density at radius 3 is 2.89 bits per heavy atom. The van der Waals surface area contributed by atoms with E-state index in [1.54, 1.807) is 0 Å². The number of aliphatic hydroxyl groups is 1. The van der Waals surface area contributed by atoms with E-state index in [-0.39, 0.29) is 0 Å². The number of hydrogen-bond acceptors (Lipinski definition) is 2. The predicted octanol–water partition coefficient (Wildman–Crippen LogP) is 3.87. The SMILES string of the molecule is CCCOc1ccccc1C1(O)CCCC(C)C1. The van der Waals surface area contributed by atoms with Crippen LogP contribution in [0.3, 0.4) is 0 Å². The summed E-state index contributed by atoms with van der Waals surface area (Å²) in [6.45, 7) is 5.03. The first-order chi connectivity index (χ1) is 8.65. The Morgan fingerprint density at radius 1 is 1.39 bits per heavy atom. The molecule has 1 aromatic carbocycles. The molecule has 0 saturated heterocycles. The normalized spacial score (nSPS) is 28.1. The lowest BCUT2D eigenvalue weighted by Crippen LogP contribution is -2.32. The molecule has 1 aliphatic rings. The van der Waals surface area contributed by atoms with Crippen molar-refractivity contribution in [1.82, 2.24) is 0 Å². The van der Waals surface area contributed by atoms with Crippen molar-refractivity contribution in [3.63, 3.8) is 0 Å². The summed E-state index contributed by atoms with van der Waals surface area (Å²) in [5, 5.41) is 10.9. The van der Waals surface area contributed by atoms with Gasteiger partial charge in [0.15, 0.2) is 0 Å². The predicted molar refractivity (Wildman–Crippen MR) is 73.8 cm³/mol. The molecule has 1 saturated carbocycles. The average molecular weight is 248 g/mol. The number of hydrogen-bond donors (Lipinski definition) is 1. The van der Waals surface area contributed by atoms with Crippen LogP contribution in [0.1, 0.15) is 51.5 Å². The van der Waals surface area contributed by atoms with Crippen molar-refractivity contribution in [2.24, 2.45) is 5.92 Å². The fourth-order valence-corrected chi connectivity index (χ4v) is 2.96. The second kappa shape index (κ2) is 5.75. The zero-order valence-corrected chi connectivity index (χ0v) is 11.5. The molecular weight excluding hydrogens is 224 g/mol. The maximum Gasteiger partial charge on any atom is 0.125 e. The summed E-state index contributed by atoms with van der Waals surface area (Å²) < 4.78 is 5.78. The van der Waals surface area contributed by atoms with Gasteiger partial charge in [-0.3, -0.25) is 0 Å². The van der Waals surface area contributed by atoms with Crippen LogP contribution < -0.4 is 4.74 Å². The van der Waals surface area contributed by atoms with E-state index in [0.29, 0.717) is 12.5 Å². The van der Waals surface area contributed by atoms with Gasteiger partial charge in [0.05, 0.1) is 12.2 Å². The number of rotatable bonds is 4. The fraction of sp³-hybridized carbons (Fsp3) is 0.625. The van der Waals surface area contributed by atoms with Crippen molar-refractivity contribution in [1.29, 1.82) is 0 Å². The monoisotopic (exact) mass is 248 g/mol. The molecule has 0 heterocycles. The van der Waals surface area contributed by atoms with Crippen LogP contribution in [0.2, 0.25) is 0 Å². The second-order valence-electron chi connectivity index (χ2n) is 5.58. The fourth-order valence-electron chi connectivity index (χ4n) is 2.96. The summed E-state index contributed by atoms with van der Waals surface area (Å²) in [6.07, 6.45) is 5.01. The minimum Gasteiger partial charge on any atom is -0.493 e. The number of ether oxygens (including phenoxy) is 1. The molecule has 18 heavy (non-hydrogen) atoms. The highest BCUT2D eigenvalue weighted by Crippen LogP contribution is 2.43. The molecule has 0 bridgehead atoms. The van der Waals surface area contributed by atoms with E-state index in [2.05, 4.69) is 13.8 Å². The Kier molecular flexibility index (Phi) is 4.28. The summed E-state index contributed by atoms with van der Waals surface area (Å²) in [5.41, 5.74) is 0.284. The second-order valence-corrected chi connectivity index (χ2v) is 5.58. The third kappa shape index (κ3) is 2.86. The minimum absolute atomic E-state index is 0.586. The highest BCUT2D eigenvalue weighted by Gasteiger charge is 2.36. The third-order valence-electron chi connectivity index (χ3n) is 3.82. The van der Waals surface area contributed by atoms with Gasteiger partial charge in [0.2, 0.25) is 0 Å². The Labute approximate surface area is 110 Å². The molecule has 2 rings (SSSR count). The maximum atomic E-state index is 10.9. The van der Waals surface area contributed by atoms with Crippen molar-refractivity contribution in [2.75, 3.05) is 6.61 Å². The molecule has 0 radical (unpaired) electrons. The molecule has 2 unspecified atom stereocenters. The van der Waals surface area contributed by atoms with Crippen molar-refractivity contribution >= 4 is 0 Å². The summed E-state index contributed by atoms with van der Waals surface area (Å²) in [7, 11) is 0. The van der Waals surface area contributed by atoms with E-state index in [9.17, 15) is 5.11 Å². The van der Waals surface area contributed by atoms with Crippen LogP contribution in [-0.2, 0) is 5.60 Å². The summed E-state index contributed by atoms with van der Waals surface area (Å²) in [6, 6.07) is 7.96. The molecule has 1 N–H and O–H groups in total. The van der Waals surface area contributed by atoms with Gasteiger partial charge in [0.1, 0.15) is 5.75 Å². The molecule has 0 aromatic heterocycles. The molecular formula is C16H24O2.